The summed E-state index contributed by atoms with van der Waals surface area (Å²) in [5.74, 6) is -0.242. The maximum absolute atomic E-state index is 5.58. The third-order valence-electron chi connectivity index (χ3n) is 2.66. The van der Waals surface area contributed by atoms with Crippen LogP contribution >= 0.6 is 0 Å². The predicted molar refractivity (Wildman–Crippen MR) is 41.3 cm³/mol. The van der Waals surface area contributed by atoms with Crippen LogP contribution in [0, 0.1) is 0 Å². The Hall–Kier alpha value is -0.120. The first kappa shape index (κ1) is 7.53. The van der Waals surface area contributed by atoms with Gasteiger partial charge in [0.2, 0.25) is 0 Å². The van der Waals surface area contributed by atoms with Gasteiger partial charge in [-0.3, -0.25) is 4.90 Å². The highest BCUT2D eigenvalue weighted by atomic mass is 16.7. The minimum Gasteiger partial charge on any atom is -0.346 e. The quantitative estimate of drug-likeness (QED) is 0.509. The van der Waals surface area contributed by atoms with Gasteiger partial charge in [0.25, 0.3) is 0 Å². The Morgan fingerprint density at radius 1 is 1.36 bits per heavy atom. The van der Waals surface area contributed by atoms with E-state index in [0.29, 0.717) is 6.04 Å². The summed E-state index contributed by atoms with van der Waals surface area (Å²) < 4.78 is 11.2. The molecule has 0 saturated carbocycles. The SMILES string of the molecule is CC1CC2(CN1C)OCCO2. The molecule has 0 radical (unpaired) electrons. The van der Waals surface area contributed by atoms with Crippen molar-refractivity contribution in [2.45, 2.75) is 25.2 Å². The van der Waals surface area contributed by atoms with Crippen LogP contribution in [0.4, 0.5) is 0 Å². The first-order valence-electron chi connectivity index (χ1n) is 4.20. The first-order chi connectivity index (χ1) is 5.22. The van der Waals surface area contributed by atoms with E-state index >= 15 is 0 Å². The van der Waals surface area contributed by atoms with Gasteiger partial charge in [-0.25, -0.2) is 0 Å². The molecule has 2 aliphatic heterocycles. The number of likely N-dealkylation sites (N-methyl/N-ethyl adjacent to an activating group) is 1. The topological polar surface area (TPSA) is 21.7 Å². The third kappa shape index (κ3) is 1.17. The van der Waals surface area contributed by atoms with Crippen LogP contribution in [0.5, 0.6) is 0 Å². The summed E-state index contributed by atoms with van der Waals surface area (Å²) in [6.45, 7) is 4.66. The van der Waals surface area contributed by atoms with Crippen LogP contribution in [-0.4, -0.2) is 43.5 Å². The lowest BCUT2D eigenvalue weighted by atomic mass is 10.2. The van der Waals surface area contributed by atoms with E-state index in [0.717, 1.165) is 26.2 Å². The van der Waals surface area contributed by atoms with E-state index in [9.17, 15) is 0 Å². The molecule has 2 heterocycles. The van der Waals surface area contributed by atoms with E-state index in [1.807, 2.05) is 0 Å². The van der Waals surface area contributed by atoms with E-state index in [1.54, 1.807) is 0 Å². The standard InChI is InChI=1S/C8H15NO2/c1-7-5-8(6-9(7)2)10-3-4-11-8/h7H,3-6H2,1-2H3. The summed E-state index contributed by atoms with van der Waals surface area (Å²) in [5.41, 5.74) is 0. The molecule has 0 aromatic heterocycles. The molecule has 0 amide bonds. The Morgan fingerprint density at radius 2 is 2.00 bits per heavy atom. The van der Waals surface area contributed by atoms with Gasteiger partial charge in [0.05, 0.1) is 19.8 Å². The second-order valence-electron chi connectivity index (χ2n) is 3.58. The molecule has 3 nitrogen and oxygen atoms in total. The second-order valence-corrected chi connectivity index (χ2v) is 3.58. The molecule has 0 aromatic rings. The number of hydrogen-bond acceptors (Lipinski definition) is 3. The highest BCUT2D eigenvalue weighted by Crippen LogP contribution is 2.33. The Kier molecular flexibility index (Phi) is 1.67. The van der Waals surface area contributed by atoms with Gasteiger partial charge < -0.3 is 9.47 Å². The molecule has 2 saturated heterocycles. The van der Waals surface area contributed by atoms with Gasteiger partial charge in [-0.15, -0.1) is 0 Å². The number of nitrogens with zero attached hydrogens (tertiary/aromatic N) is 1. The second kappa shape index (κ2) is 2.44. The minimum atomic E-state index is -0.242. The summed E-state index contributed by atoms with van der Waals surface area (Å²) in [6.07, 6.45) is 1.02. The maximum atomic E-state index is 5.58. The normalized spacial score (nSPS) is 37.1. The summed E-state index contributed by atoms with van der Waals surface area (Å²) in [7, 11) is 2.12. The zero-order valence-electron chi connectivity index (χ0n) is 7.17. The molecule has 2 fully saturated rings. The van der Waals surface area contributed by atoms with E-state index in [1.165, 1.54) is 0 Å². The molecule has 0 N–H and O–H groups in total. The minimum absolute atomic E-state index is 0.242. The van der Waals surface area contributed by atoms with Crippen LogP contribution in [-0.2, 0) is 9.47 Å². The molecule has 2 aliphatic rings. The van der Waals surface area contributed by atoms with Gasteiger partial charge in [0.1, 0.15) is 0 Å². The van der Waals surface area contributed by atoms with Crippen molar-refractivity contribution in [2.75, 3.05) is 26.8 Å². The van der Waals surface area contributed by atoms with Crippen LogP contribution in [0.25, 0.3) is 0 Å². The highest BCUT2D eigenvalue weighted by molar-refractivity contribution is 4.90. The van der Waals surface area contributed by atoms with E-state index in [4.69, 9.17) is 9.47 Å². The van der Waals surface area contributed by atoms with Crippen LogP contribution in [0.2, 0.25) is 0 Å². The first-order valence-corrected chi connectivity index (χ1v) is 4.20. The van der Waals surface area contributed by atoms with Crippen molar-refractivity contribution >= 4 is 0 Å². The molecule has 1 spiro atoms. The lowest BCUT2D eigenvalue weighted by molar-refractivity contribution is -0.144. The average Bonchev–Trinajstić information content (AvgIpc) is 2.46. The van der Waals surface area contributed by atoms with Crippen molar-refractivity contribution in [3.63, 3.8) is 0 Å². The molecule has 11 heavy (non-hydrogen) atoms. The average molecular weight is 157 g/mol. The van der Waals surface area contributed by atoms with Crippen molar-refractivity contribution in [3.8, 4) is 0 Å². The lowest BCUT2D eigenvalue weighted by Crippen LogP contribution is -2.32. The van der Waals surface area contributed by atoms with Gasteiger partial charge in [-0.05, 0) is 14.0 Å². The van der Waals surface area contributed by atoms with Crippen molar-refractivity contribution < 1.29 is 9.47 Å². The van der Waals surface area contributed by atoms with Gasteiger partial charge in [0, 0.05) is 12.5 Å². The molecule has 2 rings (SSSR count). The largest absolute Gasteiger partial charge is 0.346 e. The third-order valence-corrected chi connectivity index (χ3v) is 2.66. The number of rotatable bonds is 0. The number of hydrogen-bond donors (Lipinski definition) is 0. The molecule has 1 atom stereocenters. The molecule has 1 unspecified atom stereocenters. The molecule has 0 aliphatic carbocycles. The Balaban J connectivity index is 2.06. The van der Waals surface area contributed by atoms with E-state index in [-0.39, 0.29) is 5.79 Å². The zero-order valence-corrected chi connectivity index (χ0v) is 7.17. The van der Waals surface area contributed by atoms with Gasteiger partial charge in [-0.2, -0.15) is 0 Å². The summed E-state index contributed by atoms with van der Waals surface area (Å²) in [6, 6.07) is 0.591. The molecular formula is C8H15NO2. The van der Waals surface area contributed by atoms with Crippen LogP contribution in [0.1, 0.15) is 13.3 Å². The fourth-order valence-electron chi connectivity index (χ4n) is 1.91. The smallest absolute Gasteiger partial charge is 0.182 e. The van der Waals surface area contributed by atoms with Crippen LogP contribution < -0.4 is 0 Å². The monoisotopic (exact) mass is 157 g/mol. The maximum Gasteiger partial charge on any atom is 0.182 e. The zero-order chi connectivity index (χ0) is 7.90. The summed E-state index contributed by atoms with van der Waals surface area (Å²) >= 11 is 0. The predicted octanol–water partition coefficient (Wildman–Crippen LogP) is 0.454. The fraction of sp³-hybridized carbons (Fsp3) is 1.00. The van der Waals surface area contributed by atoms with E-state index < -0.39 is 0 Å². The highest BCUT2D eigenvalue weighted by Gasteiger charge is 2.45. The molecule has 0 bridgehead atoms. The molecule has 3 heteroatoms. The Morgan fingerprint density at radius 3 is 2.45 bits per heavy atom. The van der Waals surface area contributed by atoms with Gasteiger partial charge >= 0.3 is 0 Å². The lowest BCUT2D eigenvalue weighted by Gasteiger charge is -2.20. The van der Waals surface area contributed by atoms with Gasteiger partial charge in [0.15, 0.2) is 5.79 Å². The Labute approximate surface area is 67.3 Å². The van der Waals surface area contributed by atoms with E-state index in [2.05, 4.69) is 18.9 Å². The number of ether oxygens (including phenoxy) is 2. The van der Waals surface area contributed by atoms with Gasteiger partial charge in [-0.1, -0.05) is 0 Å². The Bertz CT molecular complexity index is 142. The molecule has 64 valence electrons. The summed E-state index contributed by atoms with van der Waals surface area (Å²) in [4.78, 5) is 2.28. The van der Waals surface area contributed by atoms with Crippen molar-refractivity contribution in [3.05, 3.63) is 0 Å². The molecule has 0 aromatic carbocycles. The van der Waals surface area contributed by atoms with Crippen LogP contribution in [0.15, 0.2) is 0 Å². The summed E-state index contributed by atoms with van der Waals surface area (Å²) in [5, 5.41) is 0. The fourth-order valence-corrected chi connectivity index (χ4v) is 1.91. The van der Waals surface area contributed by atoms with Crippen molar-refractivity contribution in [1.82, 2.24) is 4.90 Å². The molecular weight excluding hydrogens is 142 g/mol. The van der Waals surface area contributed by atoms with Crippen LogP contribution in [0.3, 0.4) is 0 Å². The van der Waals surface area contributed by atoms with Crippen molar-refractivity contribution in [1.29, 1.82) is 0 Å². The number of likely N-dealkylation sites (tertiary alicyclic amines) is 1. The van der Waals surface area contributed by atoms with Crippen molar-refractivity contribution in [2.24, 2.45) is 0 Å².